The largest absolute Gasteiger partial charge is 0.385 e. The van der Waals surface area contributed by atoms with Crippen LogP contribution in [0.4, 0.5) is 15.8 Å². The van der Waals surface area contributed by atoms with Gasteiger partial charge in [0.05, 0.1) is 10.6 Å². The van der Waals surface area contributed by atoms with E-state index in [4.69, 9.17) is 5.73 Å². The molecule has 0 saturated heterocycles. The van der Waals surface area contributed by atoms with Crippen molar-refractivity contribution in [2.45, 2.75) is 11.1 Å². The number of sulfonamides is 1. The van der Waals surface area contributed by atoms with E-state index in [-0.39, 0.29) is 14.3 Å². The molecule has 2 aromatic heterocycles. The molecule has 3 N–H and O–H groups in total. The highest BCUT2D eigenvalue weighted by Crippen LogP contribution is 2.35. The summed E-state index contributed by atoms with van der Waals surface area (Å²) in [6.45, 7) is 1.72. The number of aromatic nitrogens is 1. The topological polar surface area (TPSA) is 128 Å². The van der Waals surface area contributed by atoms with E-state index in [0.717, 1.165) is 17.4 Å². The average molecular weight is 320 g/mol. The van der Waals surface area contributed by atoms with Gasteiger partial charge in [-0.15, -0.1) is 11.3 Å². The maximum absolute atomic E-state index is 12.0. The molecule has 0 saturated carbocycles. The lowest BCUT2D eigenvalue weighted by Crippen LogP contribution is -2.11. The highest BCUT2D eigenvalue weighted by molar-refractivity contribution is 7.95. The summed E-state index contributed by atoms with van der Waals surface area (Å²) in [6, 6.07) is 0.933. The van der Waals surface area contributed by atoms with Crippen molar-refractivity contribution >= 4 is 48.5 Å². The number of nitro groups is 1. The zero-order valence-electron chi connectivity index (χ0n) is 9.48. The predicted molar refractivity (Wildman–Crippen MR) is 73.0 cm³/mol. The average Bonchev–Trinajstić information content (AvgIpc) is 2.84. The van der Waals surface area contributed by atoms with Crippen LogP contribution in [0.3, 0.4) is 0 Å². The number of nitrogens with one attached hydrogen (secondary N) is 1. The first-order valence-electron chi connectivity index (χ1n) is 4.78. The first-order chi connectivity index (χ1) is 8.79. The number of hydrogen-bond donors (Lipinski definition) is 2. The van der Waals surface area contributed by atoms with Crippen molar-refractivity contribution < 1.29 is 13.3 Å². The molecule has 2 rings (SSSR count). The highest BCUT2D eigenvalue weighted by Gasteiger charge is 2.25. The smallest absolute Gasteiger partial charge is 0.304 e. The predicted octanol–water partition coefficient (Wildman–Crippen LogP) is 1.80. The van der Waals surface area contributed by atoms with Crippen molar-refractivity contribution in [3.63, 3.8) is 0 Å². The molecule has 0 aliphatic carbocycles. The molecule has 0 fully saturated rings. The monoisotopic (exact) mass is 320 g/mol. The minimum absolute atomic E-state index is 0.152. The van der Waals surface area contributed by atoms with E-state index >= 15 is 0 Å². The molecule has 102 valence electrons. The van der Waals surface area contributed by atoms with Crippen molar-refractivity contribution in [3.05, 3.63) is 27.3 Å². The van der Waals surface area contributed by atoms with Crippen LogP contribution in [0.1, 0.15) is 5.69 Å². The molecule has 0 amide bonds. The molecule has 0 atom stereocenters. The fourth-order valence-corrected chi connectivity index (χ4v) is 4.37. The molecule has 0 aliphatic rings. The first-order valence-corrected chi connectivity index (χ1v) is 7.96. The third-order valence-corrected chi connectivity index (χ3v) is 5.79. The molecule has 19 heavy (non-hydrogen) atoms. The molecule has 0 bridgehead atoms. The van der Waals surface area contributed by atoms with E-state index in [0.29, 0.717) is 17.0 Å². The first kappa shape index (κ1) is 13.7. The van der Waals surface area contributed by atoms with Crippen molar-refractivity contribution in [1.82, 2.24) is 4.98 Å². The van der Waals surface area contributed by atoms with E-state index in [1.54, 1.807) is 12.3 Å². The number of thiophene rings is 1. The number of hydrogen-bond acceptors (Lipinski definition) is 8. The molecular weight excluding hydrogens is 312 g/mol. The Morgan fingerprint density at radius 3 is 2.68 bits per heavy atom. The minimum atomic E-state index is -3.90. The molecule has 2 aromatic rings. The number of nitrogens with two attached hydrogens (primary N) is 1. The molecule has 0 unspecified atom stereocenters. The maximum Gasteiger partial charge on any atom is 0.304 e. The highest BCUT2D eigenvalue weighted by atomic mass is 32.2. The van der Waals surface area contributed by atoms with E-state index in [9.17, 15) is 18.5 Å². The number of nitrogens with zero attached hydrogens (tertiary/aromatic N) is 2. The van der Waals surface area contributed by atoms with Crippen LogP contribution in [0.25, 0.3) is 0 Å². The number of anilines is 2. The molecule has 8 nitrogen and oxygen atoms in total. The number of rotatable bonds is 4. The van der Waals surface area contributed by atoms with Crippen LogP contribution in [0, 0.1) is 17.0 Å². The van der Waals surface area contributed by atoms with Crippen LogP contribution in [0.15, 0.2) is 15.7 Å². The molecule has 0 spiro atoms. The number of thiazole rings is 1. The summed E-state index contributed by atoms with van der Waals surface area (Å²) in [5.41, 5.74) is 5.67. The second-order valence-corrected chi connectivity index (χ2v) is 7.32. The van der Waals surface area contributed by atoms with Crippen LogP contribution in [-0.2, 0) is 10.0 Å². The Balaban J connectivity index is 2.34. The molecular formula is C8H8N4O4S3. The SMILES string of the molecule is Cc1csc(NS(=O)(=O)c2cc([N+](=O)[O-])c(N)s2)n1. The van der Waals surface area contributed by atoms with Crippen molar-refractivity contribution in [2.24, 2.45) is 0 Å². The molecule has 11 heteroatoms. The molecule has 0 aromatic carbocycles. The van der Waals surface area contributed by atoms with Crippen LogP contribution < -0.4 is 10.5 Å². The van der Waals surface area contributed by atoms with Gasteiger partial charge < -0.3 is 5.73 Å². The lowest BCUT2D eigenvalue weighted by atomic mass is 10.5. The third-order valence-electron chi connectivity index (χ3n) is 2.02. The molecule has 2 heterocycles. The quantitative estimate of drug-likeness (QED) is 0.653. The second-order valence-electron chi connectivity index (χ2n) is 3.47. The maximum atomic E-state index is 12.0. The Morgan fingerprint density at radius 1 is 1.53 bits per heavy atom. The van der Waals surface area contributed by atoms with E-state index in [1.807, 2.05) is 0 Å². The Kier molecular flexibility index (Phi) is 3.43. The van der Waals surface area contributed by atoms with E-state index in [2.05, 4.69) is 9.71 Å². The summed E-state index contributed by atoms with van der Waals surface area (Å²) in [4.78, 5) is 13.9. The zero-order chi connectivity index (χ0) is 14.2. The second kappa shape index (κ2) is 4.75. The lowest BCUT2D eigenvalue weighted by Gasteiger charge is -2.00. The van der Waals surface area contributed by atoms with E-state index in [1.165, 1.54) is 0 Å². The number of nitrogen functional groups attached to an aromatic ring is 1. The fourth-order valence-electron chi connectivity index (χ4n) is 1.21. The summed E-state index contributed by atoms with van der Waals surface area (Å²) in [5.74, 6) is 0. The van der Waals surface area contributed by atoms with Gasteiger partial charge in [-0.05, 0) is 6.92 Å². The lowest BCUT2D eigenvalue weighted by molar-refractivity contribution is -0.383. The zero-order valence-corrected chi connectivity index (χ0v) is 11.9. The van der Waals surface area contributed by atoms with Gasteiger partial charge in [-0.3, -0.25) is 14.8 Å². The number of aryl methyl sites for hydroxylation is 1. The van der Waals surface area contributed by atoms with Crippen LogP contribution in [0.2, 0.25) is 0 Å². The summed E-state index contributed by atoms with van der Waals surface area (Å²) in [6.07, 6.45) is 0. The van der Waals surface area contributed by atoms with Gasteiger partial charge in [0.2, 0.25) is 0 Å². The van der Waals surface area contributed by atoms with Crippen molar-refractivity contribution in [3.8, 4) is 0 Å². The Morgan fingerprint density at radius 2 is 2.21 bits per heavy atom. The van der Waals surface area contributed by atoms with Gasteiger partial charge in [0.15, 0.2) is 10.1 Å². The Labute approximate surface area is 116 Å². The summed E-state index contributed by atoms with van der Waals surface area (Å²) in [7, 11) is -3.90. The standard InChI is InChI=1S/C8H8N4O4S3/c1-4-3-17-8(10-4)11-19(15,16)6-2-5(12(13)14)7(9)18-6/h2-3H,9H2,1H3,(H,10,11). The Hall–Kier alpha value is -1.72. The summed E-state index contributed by atoms with van der Waals surface area (Å²) in [5, 5.41) is 12.4. The van der Waals surface area contributed by atoms with Gasteiger partial charge >= 0.3 is 5.69 Å². The summed E-state index contributed by atoms with van der Waals surface area (Å²) < 4.78 is 26.0. The van der Waals surface area contributed by atoms with Gasteiger partial charge in [0.25, 0.3) is 10.0 Å². The van der Waals surface area contributed by atoms with Gasteiger partial charge in [-0.1, -0.05) is 11.3 Å². The fraction of sp³-hybridized carbons (Fsp3) is 0.125. The van der Waals surface area contributed by atoms with Gasteiger partial charge in [0.1, 0.15) is 4.21 Å². The van der Waals surface area contributed by atoms with Crippen LogP contribution in [0.5, 0.6) is 0 Å². The van der Waals surface area contributed by atoms with Crippen LogP contribution >= 0.6 is 22.7 Å². The Bertz CT molecular complexity index is 733. The van der Waals surface area contributed by atoms with Gasteiger partial charge in [-0.2, -0.15) is 0 Å². The van der Waals surface area contributed by atoms with E-state index < -0.39 is 20.6 Å². The third kappa shape index (κ3) is 2.83. The summed E-state index contributed by atoms with van der Waals surface area (Å²) >= 11 is 1.76. The normalized spacial score (nSPS) is 11.4. The van der Waals surface area contributed by atoms with Crippen LogP contribution in [-0.4, -0.2) is 18.3 Å². The van der Waals surface area contributed by atoms with Gasteiger partial charge in [-0.25, -0.2) is 13.4 Å². The minimum Gasteiger partial charge on any atom is -0.385 e. The van der Waals surface area contributed by atoms with Gasteiger partial charge in [0, 0.05) is 11.4 Å². The molecule has 0 aliphatic heterocycles. The molecule has 0 radical (unpaired) electrons. The van der Waals surface area contributed by atoms with Crippen molar-refractivity contribution in [1.29, 1.82) is 0 Å². The van der Waals surface area contributed by atoms with Crippen molar-refractivity contribution in [2.75, 3.05) is 10.5 Å².